The Morgan fingerprint density at radius 3 is 2.65 bits per heavy atom. The van der Waals surface area contributed by atoms with Crippen LogP contribution in [0.1, 0.15) is 46.3 Å². The molecule has 34 heavy (non-hydrogen) atoms. The maximum atomic E-state index is 13.7. The van der Waals surface area contributed by atoms with Crippen molar-refractivity contribution in [3.8, 4) is 5.75 Å². The largest absolute Gasteiger partial charge is 0.497 e. The number of amides is 2. The number of fused-ring (bicyclic) bond motifs is 1. The van der Waals surface area contributed by atoms with E-state index >= 15 is 0 Å². The Balaban J connectivity index is 1.62. The molecule has 0 aliphatic carbocycles. The predicted octanol–water partition coefficient (Wildman–Crippen LogP) is 5.17. The molecule has 0 fully saturated rings. The van der Waals surface area contributed by atoms with E-state index in [4.69, 9.17) is 4.74 Å². The van der Waals surface area contributed by atoms with Crippen LogP contribution in [0.4, 0.5) is 4.39 Å². The van der Waals surface area contributed by atoms with Gasteiger partial charge in [-0.25, -0.2) is 4.39 Å². The zero-order chi connectivity index (χ0) is 24.2. The molecule has 178 valence electrons. The quantitative estimate of drug-likeness (QED) is 0.469. The highest BCUT2D eigenvalue weighted by Gasteiger charge is 2.34. The minimum Gasteiger partial charge on any atom is -0.497 e. The van der Waals surface area contributed by atoms with Crippen molar-refractivity contribution >= 4 is 23.2 Å². The molecule has 0 N–H and O–H groups in total. The van der Waals surface area contributed by atoms with E-state index in [0.29, 0.717) is 24.4 Å². The normalized spacial score (nSPS) is 15.2. The second kappa shape index (κ2) is 10.4. The van der Waals surface area contributed by atoms with E-state index in [9.17, 15) is 14.0 Å². The van der Waals surface area contributed by atoms with Crippen molar-refractivity contribution in [2.45, 2.75) is 26.3 Å². The molecular formula is C27H29FN2O3S. The lowest BCUT2D eigenvalue weighted by molar-refractivity contribution is -0.134. The van der Waals surface area contributed by atoms with E-state index in [1.54, 1.807) is 59.7 Å². The van der Waals surface area contributed by atoms with Crippen molar-refractivity contribution in [2.75, 3.05) is 26.7 Å². The average molecular weight is 481 g/mol. The van der Waals surface area contributed by atoms with Crippen LogP contribution in [-0.2, 0) is 11.2 Å². The predicted molar refractivity (Wildman–Crippen MR) is 132 cm³/mol. The number of carbonyl (C=O) groups is 2. The number of hydrogen-bond donors (Lipinski definition) is 0. The van der Waals surface area contributed by atoms with Gasteiger partial charge in [0.25, 0.3) is 5.91 Å². The van der Waals surface area contributed by atoms with Crippen LogP contribution in [0.3, 0.4) is 0 Å². The van der Waals surface area contributed by atoms with E-state index in [2.05, 4.69) is 0 Å². The molecule has 0 radical (unpaired) electrons. The lowest BCUT2D eigenvalue weighted by atomic mass is 9.93. The molecule has 4 rings (SSSR count). The summed E-state index contributed by atoms with van der Waals surface area (Å²) in [5, 5.41) is 2.03. The van der Waals surface area contributed by atoms with E-state index in [1.165, 1.54) is 17.0 Å². The molecule has 1 aromatic heterocycles. The zero-order valence-electron chi connectivity index (χ0n) is 19.7. The highest BCUT2D eigenvalue weighted by molar-refractivity contribution is 7.10. The summed E-state index contributed by atoms with van der Waals surface area (Å²) in [6, 6.07) is 15.1. The number of thiophene rings is 1. The number of methoxy groups -OCH3 is 1. The molecule has 2 amide bonds. The monoisotopic (exact) mass is 480 g/mol. The molecular weight excluding hydrogens is 451 g/mol. The van der Waals surface area contributed by atoms with Gasteiger partial charge >= 0.3 is 0 Å². The number of ether oxygens (including phenoxy) is 1. The number of halogens is 1. The van der Waals surface area contributed by atoms with Crippen molar-refractivity contribution in [1.29, 1.82) is 0 Å². The number of rotatable bonds is 7. The Morgan fingerprint density at radius 2 is 1.94 bits per heavy atom. The SMILES string of the molecule is COc1cccc(C(=O)N(CC(=O)N2CCc3sccc3C2c2ccc(F)cc2)CC(C)C)c1. The Hall–Kier alpha value is -3.19. The molecule has 1 unspecified atom stereocenters. The van der Waals surface area contributed by atoms with E-state index in [-0.39, 0.29) is 36.1 Å². The van der Waals surface area contributed by atoms with E-state index < -0.39 is 0 Å². The number of benzene rings is 2. The Morgan fingerprint density at radius 1 is 1.18 bits per heavy atom. The van der Waals surface area contributed by atoms with Crippen molar-refractivity contribution in [1.82, 2.24) is 9.80 Å². The van der Waals surface area contributed by atoms with Crippen molar-refractivity contribution < 1.29 is 18.7 Å². The molecule has 2 aromatic carbocycles. The van der Waals surface area contributed by atoms with Gasteiger partial charge in [-0.15, -0.1) is 11.3 Å². The van der Waals surface area contributed by atoms with Crippen LogP contribution in [0.2, 0.25) is 0 Å². The summed E-state index contributed by atoms with van der Waals surface area (Å²) in [5.74, 6) is 0.157. The van der Waals surface area contributed by atoms with Crippen LogP contribution in [0.15, 0.2) is 60.0 Å². The standard InChI is InChI=1S/C27H29FN2O3S/c1-18(2)16-29(27(32)20-5-4-6-22(15-20)33-3)17-25(31)30-13-11-24-23(12-14-34-24)26(30)19-7-9-21(28)10-8-19/h4-10,12,14-15,18,26H,11,13,16-17H2,1-3H3. The van der Waals surface area contributed by atoms with E-state index in [1.807, 2.05) is 30.2 Å². The second-order valence-corrected chi connectivity index (χ2v) is 9.90. The fraction of sp³-hybridized carbons (Fsp3) is 0.333. The summed E-state index contributed by atoms with van der Waals surface area (Å²) >= 11 is 1.68. The maximum Gasteiger partial charge on any atom is 0.254 e. The fourth-order valence-corrected chi connectivity index (χ4v) is 5.35. The minimum atomic E-state index is -0.310. The molecule has 1 aliphatic rings. The first kappa shape index (κ1) is 24.0. The smallest absolute Gasteiger partial charge is 0.254 e. The Bertz CT molecular complexity index is 1160. The summed E-state index contributed by atoms with van der Waals surface area (Å²) in [7, 11) is 1.56. The lowest BCUT2D eigenvalue weighted by Crippen LogP contribution is -2.47. The molecule has 2 heterocycles. The first-order valence-corrected chi connectivity index (χ1v) is 12.3. The Kier molecular flexibility index (Phi) is 7.32. The summed E-state index contributed by atoms with van der Waals surface area (Å²) in [5.41, 5.74) is 2.43. The highest BCUT2D eigenvalue weighted by atomic mass is 32.1. The summed E-state index contributed by atoms with van der Waals surface area (Å²) in [6.07, 6.45) is 0.768. The number of hydrogen-bond acceptors (Lipinski definition) is 4. The molecule has 0 saturated carbocycles. The van der Waals surface area contributed by atoms with Gasteiger partial charge in [-0.3, -0.25) is 9.59 Å². The second-order valence-electron chi connectivity index (χ2n) is 8.90. The molecule has 3 aromatic rings. The molecule has 5 nitrogen and oxygen atoms in total. The van der Waals surface area contributed by atoms with Gasteiger partial charge in [0, 0.05) is 23.5 Å². The van der Waals surface area contributed by atoms with Gasteiger partial charge in [0.05, 0.1) is 13.2 Å². The third-order valence-corrected chi connectivity index (χ3v) is 6.98. The van der Waals surface area contributed by atoms with Gasteiger partial charge in [0.15, 0.2) is 0 Å². The molecule has 7 heteroatoms. The lowest BCUT2D eigenvalue weighted by Gasteiger charge is -2.38. The molecule has 1 atom stereocenters. The van der Waals surface area contributed by atoms with Crippen LogP contribution < -0.4 is 4.74 Å². The van der Waals surface area contributed by atoms with Crippen LogP contribution >= 0.6 is 11.3 Å². The third kappa shape index (κ3) is 5.14. The van der Waals surface area contributed by atoms with Crippen molar-refractivity contribution in [3.63, 3.8) is 0 Å². The van der Waals surface area contributed by atoms with Crippen LogP contribution in [0, 0.1) is 11.7 Å². The highest BCUT2D eigenvalue weighted by Crippen LogP contribution is 2.38. The van der Waals surface area contributed by atoms with Crippen molar-refractivity contribution in [3.05, 3.63) is 87.4 Å². The number of nitrogens with zero attached hydrogens (tertiary/aromatic N) is 2. The first-order valence-electron chi connectivity index (χ1n) is 11.4. The van der Waals surface area contributed by atoms with Gasteiger partial charge in [-0.2, -0.15) is 0 Å². The van der Waals surface area contributed by atoms with Crippen LogP contribution in [0.25, 0.3) is 0 Å². The van der Waals surface area contributed by atoms with Gasteiger partial charge in [-0.05, 0) is 65.2 Å². The summed E-state index contributed by atoms with van der Waals surface area (Å²) < 4.78 is 18.9. The minimum absolute atomic E-state index is 0.0224. The average Bonchev–Trinajstić information content (AvgIpc) is 3.32. The molecule has 0 saturated heterocycles. The molecule has 1 aliphatic heterocycles. The van der Waals surface area contributed by atoms with Gasteiger partial charge < -0.3 is 14.5 Å². The maximum absolute atomic E-state index is 13.7. The third-order valence-electron chi connectivity index (χ3n) is 5.99. The summed E-state index contributed by atoms with van der Waals surface area (Å²) in [4.78, 5) is 31.7. The molecule has 0 spiro atoms. The van der Waals surface area contributed by atoms with Crippen LogP contribution in [-0.4, -0.2) is 48.4 Å². The first-order chi connectivity index (χ1) is 16.4. The van der Waals surface area contributed by atoms with Crippen LogP contribution in [0.5, 0.6) is 5.75 Å². The molecule has 0 bridgehead atoms. The summed E-state index contributed by atoms with van der Waals surface area (Å²) in [6.45, 7) is 5.04. The van der Waals surface area contributed by atoms with Gasteiger partial charge in [0.2, 0.25) is 5.91 Å². The van der Waals surface area contributed by atoms with Gasteiger partial charge in [-0.1, -0.05) is 32.0 Å². The van der Waals surface area contributed by atoms with Crippen molar-refractivity contribution in [2.24, 2.45) is 5.92 Å². The fourth-order valence-electron chi connectivity index (χ4n) is 4.44. The topological polar surface area (TPSA) is 49.9 Å². The van der Waals surface area contributed by atoms with Gasteiger partial charge in [0.1, 0.15) is 18.1 Å². The number of carbonyl (C=O) groups excluding carboxylic acids is 2. The Labute approximate surface area is 203 Å². The zero-order valence-corrected chi connectivity index (χ0v) is 20.5. The van der Waals surface area contributed by atoms with E-state index in [0.717, 1.165) is 17.5 Å².